The van der Waals surface area contributed by atoms with E-state index in [1.54, 1.807) is 11.6 Å². The van der Waals surface area contributed by atoms with E-state index in [-0.39, 0.29) is 10.6 Å². The van der Waals surface area contributed by atoms with Gasteiger partial charge in [0.2, 0.25) is 5.82 Å². The maximum Gasteiger partial charge on any atom is 0.333 e. The van der Waals surface area contributed by atoms with E-state index in [1.807, 2.05) is 6.92 Å². The molecule has 1 aromatic rings. The minimum Gasteiger partial charge on any atom is -0.364 e. The van der Waals surface area contributed by atoms with Gasteiger partial charge in [0.1, 0.15) is 5.69 Å². The van der Waals surface area contributed by atoms with Crippen molar-refractivity contribution in [1.29, 1.82) is 0 Å². The van der Waals surface area contributed by atoms with Gasteiger partial charge < -0.3 is 5.32 Å². The molecule has 0 bridgehead atoms. The van der Waals surface area contributed by atoms with Crippen LogP contribution in [0, 0.1) is 28.4 Å². The second kappa shape index (κ2) is 5.42. The number of nitrogens with zero attached hydrogens (tertiary/aromatic N) is 3. The summed E-state index contributed by atoms with van der Waals surface area (Å²) in [6.07, 6.45) is 3.31. The molecule has 0 aliphatic heterocycles. The van der Waals surface area contributed by atoms with Gasteiger partial charge in [-0.2, -0.15) is 5.10 Å². The summed E-state index contributed by atoms with van der Waals surface area (Å²) in [5.74, 6) is 1.17. The summed E-state index contributed by atoms with van der Waals surface area (Å²) in [4.78, 5) is 10.9. The van der Waals surface area contributed by atoms with Gasteiger partial charge in [0.25, 0.3) is 0 Å². The zero-order chi connectivity index (χ0) is 14.9. The molecule has 6 nitrogen and oxygen atoms in total. The van der Waals surface area contributed by atoms with E-state index in [0.29, 0.717) is 29.4 Å². The monoisotopic (exact) mass is 280 g/mol. The highest BCUT2D eigenvalue weighted by Crippen LogP contribution is 2.52. The molecule has 112 valence electrons. The first kappa shape index (κ1) is 14.8. The highest BCUT2D eigenvalue weighted by atomic mass is 16.6. The van der Waals surface area contributed by atoms with Gasteiger partial charge in [0.15, 0.2) is 0 Å². The SMILES string of the molecule is CCCn1nc(C)c([N+](=O)[O-])c1NCC1(C(C)C)CC1. The molecule has 1 saturated carbocycles. The van der Waals surface area contributed by atoms with Gasteiger partial charge in [-0.1, -0.05) is 20.8 Å². The Morgan fingerprint density at radius 2 is 2.15 bits per heavy atom. The van der Waals surface area contributed by atoms with E-state index < -0.39 is 0 Å². The van der Waals surface area contributed by atoms with Crippen molar-refractivity contribution in [3.8, 4) is 0 Å². The van der Waals surface area contributed by atoms with Crippen molar-refractivity contribution in [3.63, 3.8) is 0 Å². The largest absolute Gasteiger partial charge is 0.364 e. The molecule has 0 aromatic carbocycles. The minimum atomic E-state index is -0.328. The van der Waals surface area contributed by atoms with Crippen LogP contribution in [-0.4, -0.2) is 21.2 Å². The number of rotatable bonds is 7. The van der Waals surface area contributed by atoms with Crippen molar-refractivity contribution < 1.29 is 4.92 Å². The van der Waals surface area contributed by atoms with Crippen LogP contribution in [0.25, 0.3) is 0 Å². The number of aryl methyl sites for hydroxylation is 2. The number of aromatic nitrogens is 2. The van der Waals surface area contributed by atoms with E-state index in [9.17, 15) is 10.1 Å². The van der Waals surface area contributed by atoms with Crippen LogP contribution in [-0.2, 0) is 6.54 Å². The van der Waals surface area contributed by atoms with Crippen molar-refractivity contribution >= 4 is 11.5 Å². The van der Waals surface area contributed by atoms with Gasteiger partial charge in [-0.25, -0.2) is 4.68 Å². The molecule has 1 aromatic heterocycles. The number of anilines is 1. The number of hydrogen-bond donors (Lipinski definition) is 1. The summed E-state index contributed by atoms with van der Waals surface area (Å²) < 4.78 is 1.74. The highest BCUT2D eigenvalue weighted by Gasteiger charge is 2.45. The van der Waals surface area contributed by atoms with Crippen molar-refractivity contribution in [3.05, 3.63) is 15.8 Å². The second-order valence-electron chi connectivity index (χ2n) is 6.13. The molecular weight excluding hydrogens is 256 g/mol. The van der Waals surface area contributed by atoms with Crippen molar-refractivity contribution in [1.82, 2.24) is 9.78 Å². The normalized spacial score (nSPS) is 16.4. The Morgan fingerprint density at radius 1 is 1.50 bits per heavy atom. The zero-order valence-electron chi connectivity index (χ0n) is 12.8. The maximum atomic E-state index is 11.2. The van der Waals surface area contributed by atoms with Crippen LogP contribution >= 0.6 is 0 Å². The Bertz CT molecular complexity index is 504. The Labute approximate surface area is 119 Å². The molecule has 1 N–H and O–H groups in total. The van der Waals surface area contributed by atoms with Gasteiger partial charge in [-0.3, -0.25) is 10.1 Å². The third kappa shape index (κ3) is 2.64. The molecule has 1 aliphatic rings. The van der Waals surface area contributed by atoms with Gasteiger partial charge in [0.05, 0.1) is 4.92 Å². The van der Waals surface area contributed by atoms with Crippen molar-refractivity contribution in [2.75, 3.05) is 11.9 Å². The molecule has 1 heterocycles. The third-order valence-corrected chi connectivity index (χ3v) is 4.44. The fourth-order valence-corrected chi connectivity index (χ4v) is 2.72. The van der Waals surface area contributed by atoms with Crippen LogP contribution in [0.15, 0.2) is 0 Å². The molecule has 0 atom stereocenters. The second-order valence-corrected chi connectivity index (χ2v) is 6.13. The van der Waals surface area contributed by atoms with Crippen LogP contribution in [0.5, 0.6) is 0 Å². The van der Waals surface area contributed by atoms with Crippen LogP contribution < -0.4 is 5.32 Å². The van der Waals surface area contributed by atoms with Crippen LogP contribution in [0.3, 0.4) is 0 Å². The van der Waals surface area contributed by atoms with Crippen molar-refractivity contribution in [2.45, 2.75) is 53.5 Å². The Kier molecular flexibility index (Phi) is 4.01. The lowest BCUT2D eigenvalue weighted by molar-refractivity contribution is -0.384. The topological polar surface area (TPSA) is 73.0 Å². The zero-order valence-corrected chi connectivity index (χ0v) is 12.8. The lowest BCUT2D eigenvalue weighted by atomic mass is 9.92. The minimum absolute atomic E-state index is 0.123. The smallest absolute Gasteiger partial charge is 0.333 e. The summed E-state index contributed by atoms with van der Waals surface area (Å²) in [7, 11) is 0. The summed E-state index contributed by atoms with van der Waals surface area (Å²) in [5, 5.41) is 18.9. The van der Waals surface area contributed by atoms with E-state index in [0.717, 1.165) is 13.0 Å². The molecule has 20 heavy (non-hydrogen) atoms. The average Bonchev–Trinajstić information content (AvgIpc) is 3.08. The predicted octanol–water partition coefficient (Wildman–Crippen LogP) is 3.36. The maximum absolute atomic E-state index is 11.2. The number of nitro groups is 1. The quantitative estimate of drug-likeness (QED) is 0.614. The average molecular weight is 280 g/mol. The van der Waals surface area contributed by atoms with Crippen LogP contribution in [0.2, 0.25) is 0 Å². The summed E-state index contributed by atoms with van der Waals surface area (Å²) in [5.41, 5.74) is 0.918. The summed E-state index contributed by atoms with van der Waals surface area (Å²) >= 11 is 0. The first-order valence-electron chi connectivity index (χ1n) is 7.37. The van der Waals surface area contributed by atoms with Gasteiger partial charge >= 0.3 is 5.69 Å². The number of hydrogen-bond acceptors (Lipinski definition) is 4. The molecule has 0 saturated heterocycles. The fraction of sp³-hybridized carbons (Fsp3) is 0.786. The molecule has 2 rings (SSSR count). The van der Waals surface area contributed by atoms with Crippen LogP contribution in [0.1, 0.15) is 45.7 Å². The Hall–Kier alpha value is -1.59. The van der Waals surface area contributed by atoms with E-state index in [2.05, 4.69) is 24.3 Å². The standard InChI is InChI=1S/C14H24N4O2/c1-5-8-17-13(12(18(19)20)11(4)16-17)15-9-14(6-7-14)10(2)3/h10,15H,5-9H2,1-4H3. The van der Waals surface area contributed by atoms with Crippen molar-refractivity contribution in [2.24, 2.45) is 11.3 Å². The number of nitrogens with one attached hydrogen (secondary N) is 1. The first-order chi connectivity index (χ1) is 9.41. The van der Waals surface area contributed by atoms with Gasteiger partial charge in [0, 0.05) is 13.1 Å². The highest BCUT2D eigenvalue weighted by molar-refractivity contribution is 5.59. The predicted molar refractivity (Wildman–Crippen MR) is 78.9 cm³/mol. The van der Waals surface area contributed by atoms with E-state index in [1.165, 1.54) is 12.8 Å². The lowest BCUT2D eigenvalue weighted by Gasteiger charge is -2.20. The molecule has 0 amide bonds. The first-order valence-corrected chi connectivity index (χ1v) is 7.37. The van der Waals surface area contributed by atoms with E-state index >= 15 is 0 Å². The molecule has 0 spiro atoms. The third-order valence-electron chi connectivity index (χ3n) is 4.44. The molecule has 1 fully saturated rings. The summed E-state index contributed by atoms with van der Waals surface area (Å²) in [6.45, 7) is 9.68. The molecular formula is C14H24N4O2. The molecule has 6 heteroatoms. The van der Waals surface area contributed by atoms with Gasteiger partial charge in [-0.05, 0) is 37.5 Å². The molecule has 0 unspecified atom stereocenters. The van der Waals surface area contributed by atoms with E-state index in [4.69, 9.17) is 0 Å². The van der Waals surface area contributed by atoms with Crippen LogP contribution in [0.4, 0.5) is 11.5 Å². The van der Waals surface area contributed by atoms with Gasteiger partial charge in [-0.15, -0.1) is 0 Å². The molecule has 1 aliphatic carbocycles. The fourth-order valence-electron chi connectivity index (χ4n) is 2.72. The summed E-state index contributed by atoms with van der Waals surface area (Å²) in [6, 6.07) is 0. The molecule has 0 radical (unpaired) electrons. The lowest BCUT2D eigenvalue weighted by Crippen LogP contribution is -2.22. The Balaban J connectivity index is 2.22. The Morgan fingerprint density at radius 3 is 2.60 bits per heavy atom.